The first-order valence-corrected chi connectivity index (χ1v) is 5.05. The Morgan fingerprint density at radius 2 is 2.40 bits per heavy atom. The molecule has 1 aliphatic rings. The van der Waals surface area contributed by atoms with E-state index in [0.29, 0.717) is 13.1 Å². The standard InChI is InChI=1S/C9H18N4O2/c1-10-3-4-13(2)9(15)7-5-12-8(14)6-11-7/h7,10-11H,3-6H2,1-2H3,(H,12,14). The highest BCUT2D eigenvalue weighted by Crippen LogP contribution is 1.94. The fourth-order valence-corrected chi connectivity index (χ4v) is 1.40. The Morgan fingerprint density at radius 1 is 1.67 bits per heavy atom. The molecule has 1 unspecified atom stereocenters. The lowest BCUT2D eigenvalue weighted by molar-refractivity contribution is -0.133. The molecule has 1 fully saturated rings. The van der Waals surface area contributed by atoms with Gasteiger partial charge in [-0.2, -0.15) is 0 Å². The van der Waals surface area contributed by atoms with E-state index in [-0.39, 0.29) is 24.4 Å². The molecule has 2 amide bonds. The third-order valence-electron chi connectivity index (χ3n) is 2.38. The van der Waals surface area contributed by atoms with E-state index in [1.165, 1.54) is 0 Å². The lowest BCUT2D eigenvalue weighted by Gasteiger charge is -2.27. The van der Waals surface area contributed by atoms with Crippen LogP contribution in [0.1, 0.15) is 0 Å². The Balaban J connectivity index is 2.35. The van der Waals surface area contributed by atoms with Gasteiger partial charge >= 0.3 is 0 Å². The molecule has 1 atom stereocenters. The van der Waals surface area contributed by atoms with E-state index >= 15 is 0 Å². The molecule has 6 heteroatoms. The molecule has 0 aliphatic carbocycles. The molecule has 1 rings (SSSR count). The van der Waals surface area contributed by atoms with Gasteiger partial charge in [0.15, 0.2) is 0 Å². The van der Waals surface area contributed by atoms with Crippen molar-refractivity contribution in [1.29, 1.82) is 0 Å². The van der Waals surface area contributed by atoms with Crippen molar-refractivity contribution in [2.45, 2.75) is 6.04 Å². The number of hydrogen-bond acceptors (Lipinski definition) is 4. The normalized spacial score (nSPS) is 20.9. The molecule has 1 heterocycles. The predicted octanol–water partition coefficient (Wildman–Crippen LogP) is -2.25. The highest BCUT2D eigenvalue weighted by atomic mass is 16.2. The third kappa shape index (κ3) is 3.49. The van der Waals surface area contributed by atoms with Crippen molar-refractivity contribution in [3.05, 3.63) is 0 Å². The number of likely N-dealkylation sites (N-methyl/N-ethyl adjacent to an activating group) is 2. The maximum atomic E-state index is 11.8. The van der Waals surface area contributed by atoms with Crippen molar-refractivity contribution in [2.24, 2.45) is 0 Å². The van der Waals surface area contributed by atoms with Crippen molar-refractivity contribution in [3.63, 3.8) is 0 Å². The van der Waals surface area contributed by atoms with Crippen LogP contribution in [0.15, 0.2) is 0 Å². The summed E-state index contributed by atoms with van der Waals surface area (Å²) in [4.78, 5) is 24.3. The molecule has 0 bridgehead atoms. The van der Waals surface area contributed by atoms with Crippen LogP contribution in [0, 0.1) is 0 Å². The molecule has 0 aromatic carbocycles. The smallest absolute Gasteiger partial charge is 0.241 e. The fraction of sp³-hybridized carbons (Fsp3) is 0.778. The zero-order chi connectivity index (χ0) is 11.3. The molecule has 3 N–H and O–H groups in total. The van der Waals surface area contributed by atoms with Crippen LogP contribution in [0.3, 0.4) is 0 Å². The lowest BCUT2D eigenvalue weighted by atomic mass is 10.2. The molecular formula is C9H18N4O2. The first-order valence-electron chi connectivity index (χ1n) is 5.05. The Kier molecular flexibility index (Phi) is 4.51. The third-order valence-corrected chi connectivity index (χ3v) is 2.38. The first kappa shape index (κ1) is 11.9. The SMILES string of the molecule is CNCCN(C)C(=O)C1CNC(=O)CN1. The van der Waals surface area contributed by atoms with Crippen molar-refractivity contribution in [1.82, 2.24) is 20.9 Å². The lowest BCUT2D eigenvalue weighted by Crippen LogP contribution is -2.58. The van der Waals surface area contributed by atoms with E-state index in [0.717, 1.165) is 6.54 Å². The van der Waals surface area contributed by atoms with Crippen LogP contribution in [0.2, 0.25) is 0 Å². The van der Waals surface area contributed by atoms with E-state index in [9.17, 15) is 9.59 Å². The Labute approximate surface area is 89.4 Å². The average molecular weight is 214 g/mol. The Morgan fingerprint density at radius 3 is 2.93 bits per heavy atom. The van der Waals surface area contributed by atoms with Crippen molar-refractivity contribution >= 4 is 11.8 Å². The second kappa shape index (κ2) is 5.67. The molecule has 86 valence electrons. The second-order valence-electron chi connectivity index (χ2n) is 3.60. The average Bonchev–Trinajstić information content (AvgIpc) is 2.26. The maximum Gasteiger partial charge on any atom is 0.241 e. The minimum atomic E-state index is -0.287. The van der Waals surface area contributed by atoms with Gasteiger partial charge in [-0.1, -0.05) is 0 Å². The topological polar surface area (TPSA) is 73.5 Å². The van der Waals surface area contributed by atoms with E-state index in [1.54, 1.807) is 11.9 Å². The van der Waals surface area contributed by atoms with Gasteiger partial charge in [0, 0.05) is 26.7 Å². The van der Waals surface area contributed by atoms with Crippen LogP contribution >= 0.6 is 0 Å². The van der Waals surface area contributed by atoms with Gasteiger partial charge < -0.3 is 15.5 Å². The predicted molar refractivity (Wildman–Crippen MR) is 56.4 cm³/mol. The molecule has 6 nitrogen and oxygen atoms in total. The number of rotatable bonds is 4. The summed E-state index contributed by atoms with van der Waals surface area (Å²) in [5.74, 6) is -0.0397. The number of piperazine rings is 1. The molecule has 1 aliphatic heterocycles. The number of amides is 2. The van der Waals surface area contributed by atoms with Gasteiger partial charge in [-0.3, -0.25) is 14.9 Å². The molecule has 0 radical (unpaired) electrons. The van der Waals surface area contributed by atoms with E-state index in [2.05, 4.69) is 16.0 Å². The van der Waals surface area contributed by atoms with E-state index < -0.39 is 0 Å². The molecule has 0 saturated carbocycles. The van der Waals surface area contributed by atoms with Crippen LogP contribution < -0.4 is 16.0 Å². The zero-order valence-electron chi connectivity index (χ0n) is 9.17. The van der Waals surface area contributed by atoms with Gasteiger partial charge in [-0.05, 0) is 7.05 Å². The molecule has 15 heavy (non-hydrogen) atoms. The number of nitrogens with one attached hydrogen (secondary N) is 3. The Bertz CT molecular complexity index is 234. The second-order valence-corrected chi connectivity index (χ2v) is 3.60. The summed E-state index contributed by atoms with van der Waals surface area (Å²) in [6.45, 7) is 2.03. The van der Waals surface area contributed by atoms with Crippen molar-refractivity contribution < 1.29 is 9.59 Å². The molecule has 0 spiro atoms. The van der Waals surface area contributed by atoms with Crippen LogP contribution in [0.5, 0.6) is 0 Å². The van der Waals surface area contributed by atoms with Gasteiger partial charge in [0.2, 0.25) is 11.8 Å². The van der Waals surface area contributed by atoms with Gasteiger partial charge in [0.1, 0.15) is 6.04 Å². The highest BCUT2D eigenvalue weighted by molar-refractivity contribution is 5.86. The molecule has 0 aromatic heterocycles. The summed E-state index contributed by atoms with van der Waals surface area (Å²) in [6, 6.07) is -0.287. The number of hydrogen-bond donors (Lipinski definition) is 3. The summed E-state index contributed by atoms with van der Waals surface area (Å²) in [6.07, 6.45) is 0. The zero-order valence-corrected chi connectivity index (χ0v) is 9.17. The monoisotopic (exact) mass is 214 g/mol. The van der Waals surface area contributed by atoms with Gasteiger partial charge in [0.05, 0.1) is 6.54 Å². The van der Waals surface area contributed by atoms with E-state index in [4.69, 9.17) is 0 Å². The summed E-state index contributed by atoms with van der Waals surface area (Å²) < 4.78 is 0. The quantitative estimate of drug-likeness (QED) is 0.494. The molecule has 0 aromatic rings. The minimum Gasteiger partial charge on any atom is -0.353 e. The van der Waals surface area contributed by atoms with E-state index in [1.807, 2.05) is 7.05 Å². The summed E-state index contributed by atoms with van der Waals surface area (Å²) in [5.41, 5.74) is 0. The van der Waals surface area contributed by atoms with Crippen LogP contribution in [-0.4, -0.2) is 63.0 Å². The summed E-state index contributed by atoms with van der Waals surface area (Å²) >= 11 is 0. The summed E-state index contributed by atoms with van der Waals surface area (Å²) in [5, 5.41) is 8.54. The Hall–Kier alpha value is -1.14. The largest absolute Gasteiger partial charge is 0.353 e. The first-order chi connectivity index (χ1) is 7.15. The van der Waals surface area contributed by atoms with Crippen LogP contribution in [-0.2, 0) is 9.59 Å². The van der Waals surface area contributed by atoms with Crippen molar-refractivity contribution in [2.75, 3.05) is 40.3 Å². The minimum absolute atomic E-state index is 0.0188. The maximum absolute atomic E-state index is 11.8. The highest BCUT2D eigenvalue weighted by Gasteiger charge is 2.25. The summed E-state index contributed by atoms with van der Waals surface area (Å²) in [7, 11) is 3.61. The van der Waals surface area contributed by atoms with Gasteiger partial charge in [0.25, 0.3) is 0 Å². The molecular weight excluding hydrogens is 196 g/mol. The van der Waals surface area contributed by atoms with Gasteiger partial charge in [-0.15, -0.1) is 0 Å². The number of carbonyl (C=O) groups excluding carboxylic acids is 2. The van der Waals surface area contributed by atoms with Gasteiger partial charge in [-0.25, -0.2) is 0 Å². The van der Waals surface area contributed by atoms with Crippen LogP contribution in [0.4, 0.5) is 0 Å². The van der Waals surface area contributed by atoms with Crippen LogP contribution in [0.25, 0.3) is 0 Å². The number of carbonyl (C=O) groups is 2. The fourth-order valence-electron chi connectivity index (χ4n) is 1.40. The molecule has 1 saturated heterocycles. The number of nitrogens with zero attached hydrogens (tertiary/aromatic N) is 1. The van der Waals surface area contributed by atoms with Crippen molar-refractivity contribution in [3.8, 4) is 0 Å².